The van der Waals surface area contributed by atoms with Gasteiger partial charge in [-0.15, -0.1) is 0 Å². The molecular weight excluding hydrogens is 154 g/mol. The van der Waals surface area contributed by atoms with Crippen LogP contribution < -0.4 is 0 Å². The molecule has 9 heavy (non-hydrogen) atoms. The minimum Gasteiger partial charge on any atom is -0.344 e. The predicted molar refractivity (Wildman–Crippen MR) is 43.0 cm³/mol. The van der Waals surface area contributed by atoms with E-state index in [2.05, 4.69) is 25.3 Å². The van der Waals surface area contributed by atoms with Crippen molar-refractivity contribution in [1.29, 1.82) is 0 Å². The molecule has 0 bridgehead atoms. The summed E-state index contributed by atoms with van der Waals surface area (Å²) in [4.78, 5) is 12.6. The van der Waals surface area contributed by atoms with Gasteiger partial charge in [-0.25, -0.2) is 0 Å². The van der Waals surface area contributed by atoms with E-state index in [0.717, 1.165) is 13.0 Å². The molecule has 1 saturated heterocycles. The highest BCUT2D eigenvalue weighted by Crippen LogP contribution is 2.31. The molecule has 1 aliphatic rings. The zero-order chi connectivity index (χ0) is 7.07. The van der Waals surface area contributed by atoms with Crippen LogP contribution in [0.4, 0.5) is 0 Å². The second kappa shape index (κ2) is 2.09. The van der Waals surface area contributed by atoms with Gasteiger partial charge in [0.1, 0.15) is 4.08 Å². The lowest BCUT2D eigenvalue weighted by Gasteiger charge is -2.12. The number of hydrogen-bond donors (Lipinski definition) is 2. The largest absolute Gasteiger partial charge is 0.344 e. The maximum absolute atomic E-state index is 11.0. The van der Waals surface area contributed by atoms with E-state index in [9.17, 15) is 4.79 Å². The summed E-state index contributed by atoms with van der Waals surface area (Å²) in [6.07, 6.45) is 0.731. The number of nitrogens with zero attached hydrogens (tertiary/aromatic N) is 1. The molecule has 0 atom stereocenters. The third-order valence-corrected chi connectivity index (χ3v) is 2.31. The molecule has 1 fully saturated rings. The average molecular weight is 163 g/mol. The number of carbonyl (C=O) groups excluding carboxylic acids is 1. The highest BCUT2D eigenvalue weighted by atomic mass is 32.2. The van der Waals surface area contributed by atoms with E-state index in [1.54, 1.807) is 11.9 Å². The first-order valence-corrected chi connectivity index (χ1v) is 3.64. The van der Waals surface area contributed by atoms with Gasteiger partial charge in [0.05, 0.1) is 0 Å². The van der Waals surface area contributed by atoms with Gasteiger partial charge in [0, 0.05) is 13.6 Å². The summed E-state index contributed by atoms with van der Waals surface area (Å²) >= 11 is 8.15. The molecule has 0 aliphatic carbocycles. The van der Waals surface area contributed by atoms with E-state index < -0.39 is 4.08 Å². The summed E-state index contributed by atoms with van der Waals surface area (Å²) in [6, 6.07) is 0. The molecule has 0 spiro atoms. The fourth-order valence-electron chi connectivity index (χ4n) is 0.838. The lowest BCUT2D eigenvalue weighted by atomic mass is 10.3. The minimum atomic E-state index is -0.700. The van der Waals surface area contributed by atoms with Gasteiger partial charge in [-0.1, -0.05) is 0 Å². The highest BCUT2D eigenvalue weighted by molar-refractivity contribution is 8.02. The zero-order valence-electron chi connectivity index (χ0n) is 5.16. The first-order chi connectivity index (χ1) is 4.04. The number of thiol groups is 2. The summed E-state index contributed by atoms with van der Waals surface area (Å²) in [5.74, 6) is 0.00849. The number of amides is 1. The molecule has 0 saturated carbocycles. The van der Waals surface area contributed by atoms with Crippen molar-refractivity contribution in [2.75, 3.05) is 13.6 Å². The molecule has 2 nitrogen and oxygen atoms in total. The van der Waals surface area contributed by atoms with Crippen LogP contribution in [0.1, 0.15) is 6.42 Å². The van der Waals surface area contributed by atoms with Crippen molar-refractivity contribution >= 4 is 31.2 Å². The molecular formula is C5H9NOS2. The molecule has 1 heterocycles. The average Bonchev–Trinajstić information content (AvgIpc) is 1.97. The maximum atomic E-state index is 11.0. The van der Waals surface area contributed by atoms with Crippen molar-refractivity contribution in [2.24, 2.45) is 0 Å². The number of carbonyl (C=O) groups is 1. The molecule has 0 aromatic rings. The molecule has 0 N–H and O–H groups in total. The van der Waals surface area contributed by atoms with Crippen LogP contribution in [0, 0.1) is 0 Å². The Labute approximate surface area is 65.4 Å². The first-order valence-electron chi connectivity index (χ1n) is 2.74. The Kier molecular flexibility index (Phi) is 1.69. The van der Waals surface area contributed by atoms with Gasteiger partial charge in [0.25, 0.3) is 0 Å². The lowest BCUT2D eigenvalue weighted by molar-refractivity contribution is -0.126. The molecule has 0 aromatic heterocycles. The minimum absolute atomic E-state index is 0.00849. The quantitative estimate of drug-likeness (QED) is 0.391. The van der Waals surface area contributed by atoms with Gasteiger partial charge in [-0.2, -0.15) is 25.3 Å². The van der Waals surface area contributed by atoms with Crippen molar-refractivity contribution in [3.8, 4) is 0 Å². The Bertz CT molecular complexity index is 146. The molecule has 1 rings (SSSR count). The standard InChI is InChI=1S/C5H9NOS2/c1-6-3-2-5(8,9)4(6)7/h8-9H,2-3H2,1H3. The van der Waals surface area contributed by atoms with E-state index in [4.69, 9.17) is 0 Å². The smallest absolute Gasteiger partial charge is 0.248 e. The van der Waals surface area contributed by atoms with E-state index in [1.165, 1.54) is 0 Å². The first kappa shape index (κ1) is 7.28. The second-order valence-electron chi connectivity index (χ2n) is 2.29. The van der Waals surface area contributed by atoms with E-state index in [0.29, 0.717) is 0 Å². The Balaban J connectivity index is 2.74. The van der Waals surface area contributed by atoms with E-state index in [-0.39, 0.29) is 5.91 Å². The van der Waals surface area contributed by atoms with Crippen LogP contribution in [-0.4, -0.2) is 28.5 Å². The lowest BCUT2D eigenvalue weighted by Crippen LogP contribution is -2.28. The Morgan fingerprint density at radius 2 is 2.22 bits per heavy atom. The van der Waals surface area contributed by atoms with Crippen LogP contribution in [0.5, 0.6) is 0 Å². The topological polar surface area (TPSA) is 20.3 Å². The third-order valence-electron chi connectivity index (χ3n) is 1.49. The van der Waals surface area contributed by atoms with E-state index >= 15 is 0 Å². The Morgan fingerprint density at radius 1 is 1.67 bits per heavy atom. The van der Waals surface area contributed by atoms with Crippen LogP contribution in [-0.2, 0) is 4.79 Å². The summed E-state index contributed by atoms with van der Waals surface area (Å²) in [6.45, 7) is 0.770. The molecule has 4 heteroatoms. The molecule has 1 aliphatic heterocycles. The number of likely N-dealkylation sites (tertiary alicyclic amines) is 1. The molecule has 0 unspecified atom stereocenters. The van der Waals surface area contributed by atoms with Gasteiger partial charge in [-0.05, 0) is 6.42 Å². The maximum Gasteiger partial charge on any atom is 0.248 e. The summed E-state index contributed by atoms with van der Waals surface area (Å²) in [5.41, 5.74) is 0. The highest BCUT2D eigenvalue weighted by Gasteiger charge is 2.38. The van der Waals surface area contributed by atoms with Crippen molar-refractivity contribution in [3.05, 3.63) is 0 Å². The summed E-state index contributed by atoms with van der Waals surface area (Å²) < 4.78 is -0.700. The van der Waals surface area contributed by atoms with Gasteiger partial charge in [-0.3, -0.25) is 4.79 Å². The van der Waals surface area contributed by atoms with Gasteiger partial charge in [0.2, 0.25) is 5.91 Å². The summed E-state index contributed by atoms with van der Waals surface area (Å²) in [7, 11) is 1.76. The van der Waals surface area contributed by atoms with Gasteiger partial charge in [0.15, 0.2) is 0 Å². The zero-order valence-corrected chi connectivity index (χ0v) is 6.95. The molecule has 52 valence electrons. The predicted octanol–water partition coefficient (Wildman–Crippen LogP) is 0.404. The molecule has 1 amide bonds. The Morgan fingerprint density at radius 3 is 2.33 bits per heavy atom. The van der Waals surface area contributed by atoms with Crippen LogP contribution in [0.3, 0.4) is 0 Å². The van der Waals surface area contributed by atoms with Crippen LogP contribution in [0.2, 0.25) is 0 Å². The van der Waals surface area contributed by atoms with Crippen molar-refractivity contribution in [1.82, 2.24) is 4.90 Å². The third kappa shape index (κ3) is 1.19. The van der Waals surface area contributed by atoms with Gasteiger partial charge >= 0.3 is 0 Å². The van der Waals surface area contributed by atoms with Crippen molar-refractivity contribution in [2.45, 2.75) is 10.5 Å². The van der Waals surface area contributed by atoms with Crippen LogP contribution in [0.25, 0.3) is 0 Å². The van der Waals surface area contributed by atoms with Gasteiger partial charge < -0.3 is 4.90 Å². The molecule has 0 radical (unpaired) electrons. The van der Waals surface area contributed by atoms with Crippen molar-refractivity contribution < 1.29 is 4.79 Å². The number of rotatable bonds is 0. The monoisotopic (exact) mass is 163 g/mol. The van der Waals surface area contributed by atoms with Crippen molar-refractivity contribution in [3.63, 3.8) is 0 Å². The fourth-order valence-corrected chi connectivity index (χ4v) is 1.38. The normalized spacial score (nSPS) is 25.2. The second-order valence-corrected chi connectivity index (χ2v) is 4.17. The number of hydrogen-bond acceptors (Lipinski definition) is 3. The van der Waals surface area contributed by atoms with Crippen LogP contribution >= 0.6 is 25.3 Å². The van der Waals surface area contributed by atoms with Crippen LogP contribution in [0.15, 0.2) is 0 Å². The van der Waals surface area contributed by atoms with E-state index in [1.807, 2.05) is 0 Å². The SMILES string of the molecule is CN1CCC(S)(S)C1=O. The molecule has 0 aromatic carbocycles. The fraction of sp³-hybridized carbons (Fsp3) is 0.800. The summed E-state index contributed by atoms with van der Waals surface area (Å²) in [5, 5.41) is 0. The Hall–Kier alpha value is 0.170.